The van der Waals surface area contributed by atoms with E-state index in [1.807, 2.05) is 58.0 Å². The highest BCUT2D eigenvalue weighted by Gasteiger charge is 2.36. The van der Waals surface area contributed by atoms with Crippen molar-refractivity contribution >= 4 is 29.4 Å². The van der Waals surface area contributed by atoms with E-state index in [9.17, 15) is 14.4 Å². The van der Waals surface area contributed by atoms with Crippen LogP contribution in [0.4, 0.5) is 21.0 Å². The van der Waals surface area contributed by atoms with Gasteiger partial charge in [-0.15, -0.1) is 0 Å². The first-order chi connectivity index (χ1) is 16.7. The number of carbonyl (C=O) groups is 3. The van der Waals surface area contributed by atoms with Gasteiger partial charge in [0, 0.05) is 23.6 Å². The van der Waals surface area contributed by atoms with E-state index >= 15 is 0 Å². The van der Waals surface area contributed by atoms with Crippen molar-refractivity contribution < 1.29 is 19.1 Å². The molecule has 3 N–H and O–H groups in total. The number of hydrogen-bond donors (Lipinski definition) is 3. The van der Waals surface area contributed by atoms with E-state index in [1.54, 1.807) is 30.0 Å². The summed E-state index contributed by atoms with van der Waals surface area (Å²) in [6.07, 6.45) is 0.749. The molecule has 8 heteroatoms. The third-order valence-corrected chi connectivity index (χ3v) is 5.56. The first-order valence-electron chi connectivity index (χ1n) is 11.9. The lowest BCUT2D eigenvalue weighted by atomic mass is 9.94. The van der Waals surface area contributed by atoms with E-state index in [1.165, 1.54) is 0 Å². The Labute approximate surface area is 206 Å². The van der Waals surface area contributed by atoms with Crippen LogP contribution in [-0.4, -0.2) is 36.1 Å². The second kappa shape index (κ2) is 11.6. The summed E-state index contributed by atoms with van der Waals surface area (Å²) in [6, 6.07) is 13.2. The largest absolute Gasteiger partial charge is 0.462 e. The zero-order chi connectivity index (χ0) is 25.5. The fraction of sp³-hybridized carbons (Fsp3) is 0.370. The first-order valence-corrected chi connectivity index (χ1v) is 11.9. The molecule has 1 aliphatic heterocycles. The minimum absolute atomic E-state index is 0.183. The van der Waals surface area contributed by atoms with Gasteiger partial charge >= 0.3 is 18.0 Å². The van der Waals surface area contributed by atoms with Gasteiger partial charge in [-0.1, -0.05) is 45.0 Å². The predicted molar refractivity (Wildman–Crippen MR) is 137 cm³/mol. The zero-order valence-electron chi connectivity index (χ0n) is 21.0. The molecule has 1 unspecified atom stereocenters. The molecule has 1 atom stereocenters. The van der Waals surface area contributed by atoms with Crippen molar-refractivity contribution in [1.29, 1.82) is 0 Å². The SMILES string of the molecule is CCCN1C(=O)NC(c2cccc(NC(=O)Nc3cccc(C)c3)c2)C(C(=O)OCC(C)C)=C1C. The molecule has 0 aromatic heterocycles. The van der Waals surface area contributed by atoms with Crippen molar-refractivity contribution in [2.75, 3.05) is 23.8 Å². The predicted octanol–water partition coefficient (Wildman–Crippen LogP) is 5.59. The van der Waals surface area contributed by atoms with Crippen LogP contribution in [-0.2, 0) is 9.53 Å². The van der Waals surface area contributed by atoms with Gasteiger partial charge in [-0.25, -0.2) is 14.4 Å². The Morgan fingerprint density at radius 1 is 1.06 bits per heavy atom. The Morgan fingerprint density at radius 2 is 1.71 bits per heavy atom. The number of benzene rings is 2. The number of amides is 4. The van der Waals surface area contributed by atoms with Crippen LogP contribution in [0.5, 0.6) is 0 Å². The van der Waals surface area contributed by atoms with Crippen molar-refractivity contribution in [3.8, 4) is 0 Å². The molecule has 0 spiro atoms. The Hall–Kier alpha value is -3.81. The van der Waals surface area contributed by atoms with Gasteiger partial charge in [0.05, 0.1) is 18.2 Å². The number of esters is 1. The van der Waals surface area contributed by atoms with E-state index in [4.69, 9.17) is 4.74 Å². The van der Waals surface area contributed by atoms with E-state index in [-0.39, 0.29) is 18.6 Å². The lowest BCUT2D eigenvalue weighted by Crippen LogP contribution is -2.48. The molecule has 0 saturated carbocycles. The molecule has 35 heavy (non-hydrogen) atoms. The number of carbonyl (C=O) groups excluding carboxylic acids is 3. The molecule has 186 valence electrons. The highest BCUT2D eigenvalue weighted by molar-refractivity contribution is 6.00. The molecule has 1 heterocycles. The van der Waals surface area contributed by atoms with Crippen molar-refractivity contribution in [1.82, 2.24) is 10.2 Å². The fourth-order valence-electron chi connectivity index (χ4n) is 3.92. The lowest BCUT2D eigenvalue weighted by Gasteiger charge is -2.35. The zero-order valence-corrected chi connectivity index (χ0v) is 21.0. The third-order valence-electron chi connectivity index (χ3n) is 5.56. The molecule has 0 fully saturated rings. The number of nitrogens with zero attached hydrogens (tertiary/aromatic N) is 1. The van der Waals surface area contributed by atoms with Crippen LogP contribution >= 0.6 is 0 Å². The molecular formula is C27H34N4O4. The molecule has 0 aliphatic carbocycles. The molecule has 0 radical (unpaired) electrons. The van der Waals surface area contributed by atoms with E-state index in [0.717, 1.165) is 12.0 Å². The van der Waals surface area contributed by atoms with Crippen LogP contribution in [0.2, 0.25) is 0 Å². The van der Waals surface area contributed by atoms with Gasteiger partial charge in [0.2, 0.25) is 0 Å². The summed E-state index contributed by atoms with van der Waals surface area (Å²) in [4.78, 5) is 40.1. The summed E-state index contributed by atoms with van der Waals surface area (Å²) in [5.74, 6) is -0.277. The van der Waals surface area contributed by atoms with Crippen LogP contribution in [0.25, 0.3) is 0 Å². The van der Waals surface area contributed by atoms with Gasteiger partial charge in [-0.3, -0.25) is 4.90 Å². The number of aryl methyl sites for hydroxylation is 1. The average molecular weight is 479 g/mol. The standard InChI is InChI=1S/C27H34N4O4/c1-6-13-31-19(5)23(25(32)35-16-17(2)3)24(30-27(31)34)20-10-8-12-22(15-20)29-26(33)28-21-11-7-9-18(4)14-21/h7-12,14-15,17,24H,6,13,16H2,1-5H3,(H,30,34)(H2,28,29,33). The quantitative estimate of drug-likeness (QED) is 0.431. The lowest BCUT2D eigenvalue weighted by molar-refractivity contribution is -0.140. The second-order valence-corrected chi connectivity index (χ2v) is 9.10. The van der Waals surface area contributed by atoms with Crippen LogP contribution in [0, 0.1) is 12.8 Å². The molecule has 2 aromatic rings. The minimum Gasteiger partial charge on any atom is -0.462 e. The van der Waals surface area contributed by atoms with Crippen molar-refractivity contribution in [2.45, 2.75) is 47.1 Å². The molecule has 0 saturated heterocycles. The molecule has 3 rings (SSSR count). The van der Waals surface area contributed by atoms with Crippen LogP contribution < -0.4 is 16.0 Å². The van der Waals surface area contributed by atoms with Gasteiger partial charge in [0.15, 0.2) is 0 Å². The third kappa shape index (κ3) is 6.62. The normalized spacial score (nSPS) is 15.7. The highest BCUT2D eigenvalue weighted by atomic mass is 16.5. The maximum Gasteiger partial charge on any atom is 0.338 e. The van der Waals surface area contributed by atoms with Gasteiger partial charge in [-0.05, 0) is 61.6 Å². The summed E-state index contributed by atoms with van der Waals surface area (Å²) in [5, 5.41) is 8.57. The van der Waals surface area contributed by atoms with Gasteiger partial charge in [0.1, 0.15) is 0 Å². The maximum absolute atomic E-state index is 13.1. The highest BCUT2D eigenvalue weighted by Crippen LogP contribution is 2.32. The Bertz CT molecular complexity index is 1130. The molecule has 0 bridgehead atoms. The number of allylic oxidation sites excluding steroid dienone is 1. The van der Waals surface area contributed by atoms with Crippen LogP contribution in [0.15, 0.2) is 59.8 Å². The summed E-state index contributed by atoms with van der Waals surface area (Å²) < 4.78 is 5.54. The molecule has 1 aliphatic rings. The molecular weight excluding hydrogens is 444 g/mol. The monoisotopic (exact) mass is 478 g/mol. The topological polar surface area (TPSA) is 99.8 Å². The fourth-order valence-corrected chi connectivity index (χ4v) is 3.92. The summed E-state index contributed by atoms with van der Waals surface area (Å²) in [7, 11) is 0. The Balaban J connectivity index is 1.87. The Kier molecular flexibility index (Phi) is 8.52. The average Bonchev–Trinajstić information content (AvgIpc) is 2.80. The summed E-state index contributed by atoms with van der Waals surface area (Å²) >= 11 is 0. The van der Waals surface area contributed by atoms with E-state index in [0.29, 0.717) is 34.8 Å². The van der Waals surface area contributed by atoms with Crippen molar-refractivity contribution in [3.63, 3.8) is 0 Å². The number of nitrogens with one attached hydrogen (secondary N) is 3. The number of rotatable bonds is 8. The Morgan fingerprint density at radius 3 is 2.34 bits per heavy atom. The number of anilines is 2. The first kappa shape index (κ1) is 25.8. The number of urea groups is 2. The van der Waals surface area contributed by atoms with Crippen LogP contribution in [0.1, 0.15) is 51.3 Å². The van der Waals surface area contributed by atoms with Gasteiger partial charge < -0.3 is 20.7 Å². The maximum atomic E-state index is 13.1. The summed E-state index contributed by atoms with van der Waals surface area (Å²) in [6.45, 7) is 10.4. The second-order valence-electron chi connectivity index (χ2n) is 9.10. The minimum atomic E-state index is -0.697. The van der Waals surface area contributed by atoms with Crippen molar-refractivity contribution in [2.24, 2.45) is 5.92 Å². The van der Waals surface area contributed by atoms with E-state index in [2.05, 4.69) is 16.0 Å². The number of ether oxygens (including phenoxy) is 1. The van der Waals surface area contributed by atoms with E-state index < -0.39 is 18.0 Å². The van der Waals surface area contributed by atoms with Crippen LogP contribution in [0.3, 0.4) is 0 Å². The summed E-state index contributed by atoms with van der Waals surface area (Å²) in [5.41, 5.74) is 3.88. The number of hydrogen-bond acceptors (Lipinski definition) is 4. The molecule has 8 nitrogen and oxygen atoms in total. The van der Waals surface area contributed by atoms with Gasteiger partial charge in [0.25, 0.3) is 0 Å². The molecule has 2 aromatic carbocycles. The smallest absolute Gasteiger partial charge is 0.338 e. The van der Waals surface area contributed by atoms with Crippen molar-refractivity contribution in [3.05, 3.63) is 70.9 Å². The molecule has 4 amide bonds. The van der Waals surface area contributed by atoms with Gasteiger partial charge in [-0.2, -0.15) is 0 Å².